The first-order valence-electron chi connectivity index (χ1n) is 8.35. The third-order valence-electron chi connectivity index (χ3n) is 3.93. The fourth-order valence-electron chi connectivity index (χ4n) is 2.47. The monoisotopic (exact) mass is 342 g/mol. The van der Waals surface area contributed by atoms with E-state index in [0.717, 1.165) is 6.42 Å². The van der Waals surface area contributed by atoms with E-state index < -0.39 is 7.12 Å². The van der Waals surface area contributed by atoms with Gasteiger partial charge < -0.3 is 20.1 Å². The molecule has 1 heterocycles. The van der Waals surface area contributed by atoms with E-state index in [1.807, 2.05) is 18.2 Å². The quantitative estimate of drug-likeness (QED) is 0.625. The van der Waals surface area contributed by atoms with Crippen LogP contribution in [0.4, 0.5) is 0 Å². The van der Waals surface area contributed by atoms with E-state index in [1.54, 1.807) is 6.92 Å². The predicted molar refractivity (Wildman–Crippen MR) is 97.0 cm³/mol. The van der Waals surface area contributed by atoms with Crippen molar-refractivity contribution in [3.63, 3.8) is 0 Å². The first-order chi connectivity index (χ1) is 12.0. The molecule has 6 nitrogen and oxygen atoms in total. The van der Waals surface area contributed by atoms with Gasteiger partial charge in [0, 0.05) is 18.2 Å². The lowest BCUT2D eigenvalue weighted by molar-refractivity contribution is 0.0948. The smallest absolute Gasteiger partial charge is 0.477 e. The molecule has 0 aliphatic rings. The minimum absolute atomic E-state index is 0.145. The average Bonchev–Trinajstić information content (AvgIpc) is 2.62. The van der Waals surface area contributed by atoms with Crippen LogP contribution < -0.4 is 15.5 Å². The lowest BCUT2D eigenvalue weighted by Crippen LogP contribution is -2.33. The van der Waals surface area contributed by atoms with Crippen LogP contribution in [0.1, 0.15) is 42.1 Å². The SMILES string of the molecule is CCOc1ncc(B(O)O)cc1C(=O)NCCC(C)c1ccccc1. The number of amides is 1. The van der Waals surface area contributed by atoms with E-state index in [-0.39, 0.29) is 22.8 Å². The molecule has 25 heavy (non-hydrogen) atoms. The minimum Gasteiger partial charge on any atom is -0.477 e. The highest BCUT2D eigenvalue weighted by molar-refractivity contribution is 6.58. The molecule has 2 aromatic rings. The zero-order chi connectivity index (χ0) is 18.2. The van der Waals surface area contributed by atoms with E-state index in [9.17, 15) is 14.8 Å². The van der Waals surface area contributed by atoms with Gasteiger partial charge in [-0.1, -0.05) is 37.3 Å². The van der Waals surface area contributed by atoms with Crippen molar-refractivity contribution >= 4 is 18.5 Å². The van der Waals surface area contributed by atoms with Crippen LogP contribution in [0.25, 0.3) is 0 Å². The Kier molecular flexibility index (Phi) is 6.97. The van der Waals surface area contributed by atoms with Gasteiger partial charge in [0.1, 0.15) is 5.56 Å². The Labute approximate surface area is 148 Å². The highest BCUT2D eigenvalue weighted by Gasteiger charge is 2.19. The van der Waals surface area contributed by atoms with Crippen LogP contribution in [0.15, 0.2) is 42.6 Å². The molecule has 0 saturated carbocycles. The van der Waals surface area contributed by atoms with Crippen molar-refractivity contribution in [1.82, 2.24) is 10.3 Å². The third kappa shape index (κ3) is 5.30. The largest absolute Gasteiger partial charge is 0.490 e. The van der Waals surface area contributed by atoms with E-state index >= 15 is 0 Å². The molecule has 1 atom stereocenters. The van der Waals surface area contributed by atoms with Crippen molar-refractivity contribution in [2.45, 2.75) is 26.2 Å². The number of hydrogen-bond acceptors (Lipinski definition) is 5. The maximum absolute atomic E-state index is 12.4. The molecule has 7 heteroatoms. The number of pyridine rings is 1. The molecule has 0 fully saturated rings. The van der Waals surface area contributed by atoms with Gasteiger partial charge in [-0.2, -0.15) is 0 Å². The number of nitrogens with zero attached hydrogens (tertiary/aromatic N) is 1. The van der Waals surface area contributed by atoms with Crippen molar-refractivity contribution in [2.24, 2.45) is 0 Å². The van der Waals surface area contributed by atoms with Crippen molar-refractivity contribution in [2.75, 3.05) is 13.2 Å². The Morgan fingerprint density at radius 3 is 2.68 bits per heavy atom. The van der Waals surface area contributed by atoms with Gasteiger partial charge in [0.15, 0.2) is 0 Å². The molecular weight excluding hydrogens is 319 g/mol. The summed E-state index contributed by atoms with van der Waals surface area (Å²) in [6.07, 6.45) is 2.07. The first-order valence-corrected chi connectivity index (χ1v) is 8.35. The summed E-state index contributed by atoms with van der Waals surface area (Å²) in [5, 5.41) is 21.4. The van der Waals surface area contributed by atoms with Gasteiger partial charge in [-0.15, -0.1) is 0 Å². The van der Waals surface area contributed by atoms with Gasteiger partial charge in [0.25, 0.3) is 5.91 Å². The zero-order valence-corrected chi connectivity index (χ0v) is 14.5. The molecule has 0 aliphatic heterocycles. The molecule has 0 aliphatic carbocycles. The molecular formula is C18H23BN2O4. The average molecular weight is 342 g/mol. The maximum atomic E-state index is 12.4. The second-order valence-corrected chi connectivity index (χ2v) is 5.78. The highest BCUT2D eigenvalue weighted by atomic mass is 16.5. The van der Waals surface area contributed by atoms with E-state index in [1.165, 1.54) is 17.8 Å². The van der Waals surface area contributed by atoms with Crippen LogP contribution in [-0.4, -0.2) is 41.2 Å². The van der Waals surface area contributed by atoms with E-state index in [0.29, 0.717) is 19.1 Å². The molecule has 1 unspecified atom stereocenters. The van der Waals surface area contributed by atoms with Crippen LogP contribution >= 0.6 is 0 Å². The fraction of sp³-hybridized carbons (Fsp3) is 0.333. The summed E-state index contributed by atoms with van der Waals surface area (Å²) >= 11 is 0. The van der Waals surface area contributed by atoms with Crippen LogP contribution in [0.5, 0.6) is 5.88 Å². The van der Waals surface area contributed by atoms with Gasteiger partial charge in [-0.05, 0) is 30.9 Å². The first kappa shape index (κ1) is 19.0. The number of hydrogen-bond donors (Lipinski definition) is 3. The van der Waals surface area contributed by atoms with Crippen molar-refractivity contribution in [3.05, 3.63) is 53.7 Å². The number of rotatable bonds is 8. The number of benzene rings is 1. The molecule has 0 saturated heterocycles. The molecule has 0 bridgehead atoms. The summed E-state index contributed by atoms with van der Waals surface area (Å²) in [6.45, 7) is 4.75. The minimum atomic E-state index is -1.69. The lowest BCUT2D eigenvalue weighted by atomic mass is 9.81. The summed E-state index contributed by atoms with van der Waals surface area (Å²) in [5.41, 5.74) is 1.56. The van der Waals surface area contributed by atoms with Crippen LogP contribution in [0.2, 0.25) is 0 Å². The van der Waals surface area contributed by atoms with Gasteiger partial charge >= 0.3 is 7.12 Å². The molecule has 1 aromatic heterocycles. The standard InChI is InChI=1S/C18H23BN2O4/c1-3-25-18-16(11-15(12-21-18)19(23)24)17(22)20-10-9-13(2)14-7-5-4-6-8-14/h4-8,11-13,23-24H,3,9-10H2,1-2H3,(H,20,22). The van der Waals surface area contributed by atoms with E-state index in [4.69, 9.17) is 4.74 Å². The molecule has 132 valence electrons. The van der Waals surface area contributed by atoms with Gasteiger partial charge in [0.2, 0.25) is 5.88 Å². The molecule has 3 N–H and O–H groups in total. The summed E-state index contributed by atoms with van der Waals surface area (Å²) in [6, 6.07) is 11.5. The second kappa shape index (κ2) is 9.20. The Hall–Kier alpha value is -2.38. The van der Waals surface area contributed by atoms with Crippen molar-refractivity contribution in [1.29, 1.82) is 0 Å². The Morgan fingerprint density at radius 1 is 1.32 bits per heavy atom. The van der Waals surface area contributed by atoms with Gasteiger partial charge in [-0.3, -0.25) is 4.79 Å². The summed E-state index contributed by atoms with van der Waals surface area (Å²) in [7, 11) is -1.69. The number of carbonyl (C=O) groups is 1. The molecule has 0 spiro atoms. The molecule has 1 amide bonds. The maximum Gasteiger partial charge on any atom is 0.490 e. The Morgan fingerprint density at radius 2 is 2.04 bits per heavy atom. The fourth-order valence-corrected chi connectivity index (χ4v) is 2.47. The summed E-state index contributed by atoms with van der Waals surface area (Å²) in [5.74, 6) is 0.149. The zero-order valence-electron chi connectivity index (χ0n) is 14.5. The van der Waals surface area contributed by atoms with Crippen molar-refractivity contribution in [3.8, 4) is 5.88 Å². The lowest BCUT2D eigenvalue weighted by Gasteiger charge is -2.14. The van der Waals surface area contributed by atoms with Crippen LogP contribution in [0, 0.1) is 0 Å². The Bertz CT molecular complexity index is 695. The van der Waals surface area contributed by atoms with Crippen LogP contribution in [0.3, 0.4) is 0 Å². The van der Waals surface area contributed by atoms with E-state index in [2.05, 4.69) is 29.4 Å². The molecule has 2 rings (SSSR count). The topological polar surface area (TPSA) is 91.7 Å². The summed E-state index contributed by atoms with van der Waals surface area (Å²) in [4.78, 5) is 16.4. The van der Waals surface area contributed by atoms with Gasteiger partial charge in [-0.25, -0.2) is 4.98 Å². The number of aromatic nitrogens is 1. The summed E-state index contributed by atoms with van der Waals surface area (Å²) < 4.78 is 5.35. The number of ether oxygens (including phenoxy) is 1. The number of carbonyl (C=O) groups excluding carboxylic acids is 1. The Balaban J connectivity index is 2.01. The second-order valence-electron chi connectivity index (χ2n) is 5.78. The van der Waals surface area contributed by atoms with Gasteiger partial charge in [0.05, 0.1) is 6.61 Å². The molecule has 0 radical (unpaired) electrons. The van der Waals surface area contributed by atoms with Crippen LogP contribution in [-0.2, 0) is 0 Å². The normalized spacial score (nSPS) is 11.7. The van der Waals surface area contributed by atoms with Crippen molar-refractivity contribution < 1.29 is 19.6 Å². The number of nitrogens with one attached hydrogen (secondary N) is 1. The molecule has 1 aromatic carbocycles. The highest BCUT2D eigenvalue weighted by Crippen LogP contribution is 2.18. The predicted octanol–water partition coefficient (Wildman–Crippen LogP) is 1.08. The third-order valence-corrected chi connectivity index (χ3v) is 3.93.